The lowest BCUT2D eigenvalue weighted by atomic mass is 10.1. The summed E-state index contributed by atoms with van der Waals surface area (Å²) in [7, 11) is 1.59. The van der Waals surface area contributed by atoms with Crippen LogP contribution >= 0.6 is 15.9 Å². The van der Waals surface area contributed by atoms with Crippen molar-refractivity contribution in [2.45, 2.75) is 33.9 Å². The number of fused-ring (bicyclic) bond motifs is 1. The van der Waals surface area contributed by atoms with E-state index in [4.69, 9.17) is 0 Å². The summed E-state index contributed by atoms with van der Waals surface area (Å²) >= 11 is 3.36. The topological polar surface area (TPSA) is 92.5 Å². The normalized spacial score (nSPS) is 11.0. The van der Waals surface area contributed by atoms with E-state index in [0.717, 1.165) is 15.8 Å². The van der Waals surface area contributed by atoms with E-state index in [9.17, 15) is 9.59 Å². The Hall–Kier alpha value is -3.45. The number of benzene rings is 1. The summed E-state index contributed by atoms with van der Waals surface area (Å²) in [4.78, 5) is 30.4. The molecule has 0 unspecified atom stereocenters. The third-order valence-corrected chi connectivity index (χ3v) is 5.82. The quantitative estimate of drug-likeness (QED) is 0.328. The zero-order valence-corrected chi connectivity index (χ0v) is 19.1. The fourth-order valence-corrected chi connectivity index (χ4v) is 3.78. The highest BCUT2D eigenvalue weighted by Gasteiger charge is 2.19. The van der Waals surface area contributed by atoms with E-state index in [1.807, 2.05) is 32.0 Å². The largest absolute Gasteiger partial charge is 0.332 e. The smallest absolute Gasteiger partial charge is 0.301 e. The monoisotopic (exact) mass is 481 g/mol. The van der Waals surface area contributed by atoms with Gasteiger partial charge in [0.05, 0.1) is 25.0 Å². The summed E-state index contributed by atoms with van der Waals surface area (Å²) < 4.78 is 6.21. The minimum atomic E-state index is -0.475. The molecule has 4 aromatic rings. The Morgan fingerprint density at radius 3 is 2.61 bits per heavy atom. The predicted molar refractivity (Wildman–Crippen MR) is 120 cm³/mol. The van der Waals surface area contributed by atoms with Gasteiger partial charge in [-0.15, -0.1) is 11.0 Å². The third-order valence-electron chi connectivity index (χ3n) is 5.22. The van der Waals surface area contributed by atoms with Gasteiger partial charge >= 0.3 is 5.69 Å². The van der Waals surface area contributed by atoms with Gasteiger partial charge in [0.15, 0.2) is 15.9 Å². The van der Waals surface area contributed by atoms with Crippen molar-refractivity contribution in [2.24, 2.45) is 7.05 Å². The maximum absolute atomic E-state index is 13.2. The number of hydrogen-bond acceptors (Lipinski definition) is 5. The average molecular weight is 482 g/mol. The predicted octanol–water partition coefficient (Wildman–Crippen LogP) is 1.93. The fourth-order valence-electron chi connectivity index (χ4n) is 3.31. The molecular weight excluding hydrogens is 462 g/mol. The van der Waals surface area contributed by atoms with E-state index in [2.05, 4.69) is 43.1 Å². The van der Waals surface area contributed by atoms with E-state index in [1.54, 1.807) is 29.4 Å². The minimum Gasteiger partial charge on any atom is -0.301 e. The molecule has 0 bridgehead atoms. The molecule has 10 heteroatoms. The second-order valence-corrected chi connectivity index (χ2v) is 7.93. The second kappa shape index (κ2) is 8.00. The lowest BCUT2D eigenvalue weighted by Crippen LogP contribution is -2.40. The molecule has 0 spiro atoms. The van der Waals surface area contributed by atoms with Crippen LogP contribution in [0.15, 0.2) is 38.7 Å². The number of imidazole rings is 1. The molecule has 1 aromatic carbocycles. The zero-order valence-electron chi connectivity index (χ0n) is 17.5. The summed E-state index contributed by atoms with van der Waals surface area (Å²) in [5.41, 5.74) is 3.36. The molecule has 158 valence electrons. The van der Waals surface area contributed by atoms with Gasteiger partial charge in [-0.05, 0) is 60.0 Å². The van der Waals surface area contributed by atoms with Crippen LogP contribution in [0.25, 0.3) is 16.9 Å². The summed E-state index contributed by atoms with van der Waals surface area (Å²) in [6.07, 6.45) is 1.72. The first-order chi connectivity index (χ1) is 14.8. The Morgan fingerprint density at radius 1 is 1.13 bits per heavy atom. The molecule has 31 heavy (non-hydrogen) atoms. The standard InChI is InChI=1S/C21H20BrN7O2/c1-5-6-9-27-17-18(23-20(27)22)26(4)21(31)28(19(17)30)11-15-12-29(25-24-15)16-8-7-13(2)14(3)10-16/h7-8,10,12H,9,11H2,1-4H3. The molecule has 3 aromatic heterocycles. The molecule has 0 aliphatic heterocycles. The van der Waals surface area contributed by atoms with Crippen LogP contribution in [-0.4, -0.2) is 33.7 Å². The van der Waals surface area contributed by atoms with Crippen molar-refractivity contribution in [1.82, 2.24) is 33.7 Å². The van der Waals surface area contributed by atoms with E-state index in [0.29, 0.717) is 21.6 Å². The number of aryl methyl sites for hydroxylation is 3. The van der Waals surface area contributed by atoms with Crippen LogP contribution in [0.4, 0.5) is 0 Å². The molecule has 4 rings (SSSR count). The van der Waals surface area contributed by atoms with Crippen molar-refractivity contribution in [3.63, 3.8) is 0 Å². The molecule has 3 heterocycles. The van der Waals surface area contributed by atoms with Crippen LogP contribution in [0, 0.1) is 25.7 Å². The molecule has 0 atom stereocenters. The first kappa shape index (κ1) is 20.8. The molecule has 0 fully saturated rings. The van der Waals surface area contributed by atoms with Crippen molar-refractivity contribution in [3.05, 3.63) is 66.8 Å². The van der Waals surface area contributed by atoms with Crippen molar-refractivity contribution in [3.8, 4) is 17.5 Å². The summed E-state index contributed by atoms with van der Waals surface area (Å²) in [6, 6.07) is 5.97. The van der Waals surface area contributed by atoms with Crippen LogP contribution in [0.2, 0.25) is 0 Å². The highest BCUT2D eigenvalue weighted by atomic mass is 79.9. The van der Waals surface area contributed by atoms with Crippen molar-refractivity contribution in [2.75, 3.05) is 0 Å². The number of rotatable bonds is 4. The SMILES string of the molecule is CC#CCn1c(Br)nc2c1c(=O)n(Cc1cn(-c3ccc(C)c(C)c3)nn1)c(=O)n2C. The second-order valence-electron chi connectivity index (χ2n) is 7.22. The zero-order chi connectivity index (χ0) is 22.3. The molecule has 9 nitrogen and oxygen atoms in total. The Morgan fingerprint density at radius 2 is 1.90 bits per heavy atom. The van der Waals surface area contributed by atoms with Gasteiger partial charge in [-0.25, -0.2) is 14.5 Å². The summed E-state index contributed by atoms with van der Waals surface area (Å²) in [5, 5.41) is 8.32. The van der Waals surface area contributed by atoms with E-state index in [-0.39, 0.29) is 13.1 Å². The molecule has 0 N–H and O–H groups in total. The number of hydrogen-bond donors (Lipinski definition) is 0. The van der Waals surface area contributed by atoms with Gasteiger partial charge in [0, 0.05) is 7.05 Å². The van der Waals surface area contributed by atoms with Gasteiger partial charge in [-0.3, -0.25) is 13.9 Å². The number of halogens is 1. The molecule has 0 radical (unpaired) electrons. The van der Waals surface area contributed by atoms with Crippen LogP contribution in [0.5, 0.6) is 0 Å². The van der Waals surface area contributed by atoms with Crippen molar-refractivity contribution >= 4 is 27.1 Å². The molecule has 0 amide bonds. The lowest BCUT2D eigenvalue weighted by Gasteiger charge is -2.07. The summed E-state index contributed by atoms with van der Waals surface area (Å²) in [5.74, 6) is 5.73. The van der Waals surface area contributed by atoms with Crippen LogP contribution in [0.1, 0.15) is 23.7 Å². The van der Waals surface area contributed by atoms with Crippen LogP contribution in [0.3, 0.4) is 0 Å². The molecule has 0 aliphatic carbocycles. The summed E-state index contributed by atoms with van der Waals surface area (Å²) in [6.45, 7) is 6.07. The molecule has 0 saturated carbocycles. The highest BCUT2D eigenvalue weighted by Crippen LogP contribution is 2.16. The number of aromatic nitrogens is 7. The van der Waals surface area contributed by atoms with Crippen LogP contribution < -0.4 is 11.2 Å². The van der Waals surface area contributed by atoms with E-state index >= 15 is 0 Å². The fraction of sp³-hybridized carbons (Fsp3) is 0.286. The van der Waals surface area contributed by atoms with Gasteiger partial charge in [0.2, 0.25) is 0 Å². The van der Waals surface area contributed by atoms with Gasteiger partial charge in [-0.2, -0.15) is 0 Å². The molecule has 0 saturated heterocycles. The van der Waals surface area contributed by atoms with Gasteiger partial charge in [-0.1, -0.05) is 17.2 Å². The van der Waals surface area contributed by atoms with Gasteiger partial charge in [0.25, 0.3) is 5.56 Å². The Kier molecular flexibility index (Phi) is 5.37. The van der Waals surface area contributed by atoms with Crippen molar-refractivity contribution < 1.29 is 0 Å². The molecule has 0 aliphatic rings. The Balaban J connectivity index is 1.79. The van der Waals surface area contributed by atoms with Gasteiger partial charge in [0.1, 0.15) is 5.69 Å². The first-order valence-corrected chi connectivity index (χ1v) is 10.3. The minimum absolute atomic E-state index is 0.00541. The lowest BCUT2D eigenvalue weighted by molar-refractivity contribution is 0.643. The maximum atomic E-state index is 13.2. The van der Waals surface area contributed by atoms with Crippen molar-refractivity contribution in [1.29, 1.82) is 0 Å². The first-order valence-electron chi connectivity index (χ1n) is 9.55. The Labute approximate surface area is 186 Å². The van der Waals surface area contributed by atoms with E-state index < -0.39 is 11.2 Å². The molecular formula is C21H20BrN7O2. The number of nitrogens with zero attached hydrogens (tertiary/aromatic N) is 7. The Bertz CT molecular complexity index is 1490. The average Bonchev–Trinajstić information content (AvgIpc) is 3.34. The third kappa shape index (κ3) is 3.61. The van der Waals surface area contributed by atoms with E-state index in [1.165, 1.54) is 10.1 Å². The van der Waals surface area contributed by atoms with Crippen LogP contribution in [-0.2, 0) is 20.1 Å². The van der Waals surface area contributed by atoms with Gasteiger partial charge < -0.3 is 4.57 Å². The maximum Gasteiger partial charge on any atom is 0.332 e. The highest BCUT2D eigenvalue weighted by molar-refractivity contribution is 9.10.